The number of hydrogen-bond acceptors (Lipinski definition) is 5. The van der Waals surface area contributed by atoms with Crippen molar-refractivity contribution in [3.8, 4) is 11.3 Å². The smallest absolute Gasteiger partial charge is 0.225 e. The fourth-order valence-electron chi connectivity index (χ4n) is 5.25. The lowest BCUT2D eigenvalue weighted by Gasteiger charge is -2.35. The molecule has 0 aliphatic carbocycles. The number of likely N-dealkylation sites (tertiary alicyclic amines) is 1. The molecule has 2 aliphatic heterocycles. The third-order valence-corrected chi connectivity index (χ3v) is 7.26. The van der Waals surface area contributed by atoms with Crippen LogP contribution in [0.2, 0.25) is 0 Å². The minimum absolute atomic E-state index is 0.00403. The first-order valence-electron chi connectivity index (χ1n) is 12.9. The molecule has 0 radical (unpaired) electrons. The lowest BCUT2D eigenvalue weighted by Crippen LogP contribution is -2.49. The topological polar surface area (TPSA) is 61.4 Å². The standard InChI is InChI=1S/C29H35N5O/c1-22-7-5-10-24(19-22)27-12-13-28(32-31-27)34-16-6-11-25(21-34)29(35)30-26-14-17-33(18-15-26)20-23-8-3-2-4-9-23/h2-5,7-10,12-13,19,25-26H,6,11,14-18,20-21H2,1H3,(H,30,35). The summed E-state index contributed by atoms with van der Waals surface area (Å²) >= 11 is 0. The summed E-state index contributed by atoms with van der Waals surface area (Å²) in [7, 11) is 0. The van der Waals surface area contributed by atoms with E-state index in [2.05, 4.69) is 80.8 Å². The first-order valence-corrected chi connectivity index (χ1v) is 12.9. The minimum atomic E-state index is 0.00403. The molecule has 3 heterocycles. The number of anilines is 1. The monoisotopic (exact) mass is 469 g/mol. The predicted octanol–water partition coefficient (Wildman–Crippen LogP) is 4.45. The molecule has 1 aromatic heterocycles. The van der Waals surface area contributed by atoms with Crippen molar-refractivity contribution in [2.45, 2.75) is 45.2 Å². The van der Waals surface area contributed by atoms with Crippen molar-refractivity contribution in [1.29, 1.82) is 0 Å². The SMILES string of the molecule is Cc1cccc(-c2ccc(N3CCCC(C(=O)NC4CCN(Cc5ccccc5)CC4)C3)nn2)c1. The predicted molar refractivity (Wildman–Crippen MR) is 140 cm³/mol. The first kappa shape index (κ1) is 23.5. The van der Waals surface area contributed by atoms with Crippen LogP contribution in [0.25, 0.3) is 11.3 Å². The summed E-state index contributed by atoms with van der Waals surface area (Å²) in [5.74, 6) is 1.05. The van der Waals surface area contributed by atoms with Crippen molar-refractivity contribution in [3.63, 3.8) is 0 Å². The van der Waals surface area contributed by atoms with Gasteiger partial charge < -0.3 is 10.2 Å². The zero-order valence-electron chi connectivity index (χ0n) is 20.6. The number of nitrogens with one attached hydrogen (secondary N) is 1. The fourth-order valence-corrected chi connectivity index (χ4v) is 5.25. The van der Waals surface area contributed by atoms with E-state index in [4.69, 9.17) is 0 Å². The number of piperidine rings is 2. The summed E-state index contributed by atoms with van der Waals surface area (Å²) < 4.78 is 0. The number of benzene rings is 2. The lowest BCUT2D eigenvalue weighted by atomic mass is 9.95. The van der Waals surface area contributed by atoms with Gasteiger partial charge in [0, 0.05) is 44.3 Å². The van der Waals surface area contributed by atoms with Gasteiger partial charge >= 0.3 is 0 Å². The maximum Gasteiger partial charge on any atom is 0.225 e. The molecule has 35 heavy (non-hydrogen) atoms. The second-order valence-corrected chi connectivity index (χ2v) is 9.98. The molecular weight excluding hydrogens is 434 g/mol. The molecule has 0 bridgehead atoms. The van der Waals surface area contributed by atoms with Crippen LogP contribution >= 0.6 is 0 Å². The van der Waals surface area contributed by atoms with Gasteiger partial charge in [0.15, 0.2) is 5.82 Å². The molecule has 2 fully saturated rings. The molecule has 1 unspecified atom stereocenters. The Kier molecular flexibility index (Phi) is 7.38. The van der Waals surface area contributed by atoms with Gasteiger partial charge in [-0.05, 0) is 56.4 Å². The number of carbonyl (C=O) groups is 1. The second-order valence-electron chi connectivity index (χ2n) is 9.98. The number of carbonyl (C=O) groups excluding carboxylic acids is 1. The Bertz CT molecular complexity index is 1110. The molecule has 2 aliphatic rings. The second kappa shape index (κ2) is 11.0. The highest BCUT2D eigenvalue weighted by Gasteiger charge is 2.29. The number of aryl methyl sites for hydroxylation is 1. The van der Waals surface area contributed by atoms with Crippen molar-refractivity contribution in [2.75, 3.05) is 31.1 Å². The molecule has 5 rings (SSSR count). The van der Waals surface area contributed by atoms with Crippen molar-refractivity contribution in [2.24, 2.45) is 5.92 Å². The summed E-state index contributed by atoms with van der Waals surface area (Å²) in [6.45, 7) is 6.75. The van der Waals surface area contributed by atoms with Gasteiger partial charge in [0.25, 0.3) is 0 Å². The third kappa shape index (κ3) is 6.06. The van der Waals surface area contributed by atoms with E-state index < -0.39 is 0 Å². The van der Waals surface area contributed by atoms with Gasteiger partial charge in [-0.25, -0.2) is 0 Å². The van der Waals surface area contributed by atoms with Crippen LogP contribution < -0.4 is 10.2 Å². The molecule has 1 atom stereocenters. The minimum Gasteiger partial charge on any atom is -0.354 e. The van der Waals surface area contributed by atoms with E-state index in [-0.39, 0.29) is 17.9 Å². The van der Waals surface area contributed by atoms with E-state index >= 15 is 0 Å². The quantitative estimate of drug-likeness (QED) is 0.578. The molecule has 182 valence electrons. The molecule has 1 amide bonds. The number of rotatable bonds is 6. The Morgan fingerprint density at radius 2 is 1.77 bits per heavy atom. The van der Waals surface area contributed by atoms with E-state index in [1.165, 1.54) is 11.1 Å². The van der Waals surface area contributed by atoms with Crippen molar-refractivity contribution < 1.29 is 4.79 Å². The van der Waals surface area contributed by atoms with Gasteiger partial charge in [-0.2, -0.15) is 0 Å². The Balaban J connectivity index is 1.12. The molecule has 0 spiro atoms. The molecule has 6 heteroatoms. The highest BCUT2D eigenvalue weighted by Crippen LogP contribution is 2.24. The van der Waals surface area contributed by atoms with Crippen molar-refractivity contribution in [3.05, 3.63) is 77.9 Å². The van der Waals surface area contributed by atoms with Gasteiger partial charge in [-0.15, -0.1) is 10.2 Å². The van der Waals surface area contributed by atoms with Crippen LogP contribution in [0, 0.1) is 12.8 Å². The van der Waals surface area contributed by atoms with E-state index in [9.17, 15) is 4.79 Å². The molecule has 3 aromatic rings. The van der Waals surface area contributed by atoms with Crippen LogP contribution in [0.3, 0.4) is 0 Å². The van der Waals surface area contributed by atoms with E-state index in [1.807, 2.05) is 18.2 Å². The third-order valence-electron chi connectivity index (χ3n) is 7.26. The number of hydrogen-bond donors (Lipinski definition) is 1. The summed E-state index contributed by atoms with van der Waals surface area (Å²) in [6, 6.07) is 23.3. The van der Waals surface area contributed by atoms with Crippen LogP contribution in [-0.2, 0) is 11.3 Å². The van der Waals surface area contributed by atoms with Crippen LogP contribution in [0.4, 0.5) is 5.82 Å². The van der Waals surface area contributed by atoms with Gasteiger partial charge in [-0.1, -0.05) is 54.1 Å². The highest BCUT2D eigenvalue weighted by atomic mass is 16.2. The lowest BCUT2D eigenvalue weighted by molar-refractivity contribution is -0.126. The van der Waals surface area contributed by atoms with Crippen LogP contribution in [0.15, 0.2) is 66.7 Å². The first-order chi connectivity index (χ1) is 17.1. The zero-order valence-corrected chi connectivity index (χ0v) is 20.6. The summed E-state index contributed by atoms with van der Waals surface area (Å²) in [5.41, 5.74) is 4.52. The summed E-state index contributed by atoms with van der Waals surface area (Å²) in [6.07, 6.45) is 3.96. The Morgan fingerprint density at radius 1 is 0.943 bits per heavy atom. The molecule has 0 saturated carbocycles. The molecule has 6 nitrogen and oxygen atoms in total. The largest absolute Gasteiger partial charge is 0.354 e. The van der Waals surface area contributed by atoms with Gasteiger partial charge in [0.2, 0.25) is 5.91 Å². The average Bonchev–Trinajstić information content (AvgIpc) is 2.90. The Hall–Kier alpha value is -3.25. The zero-order chi connectivity index (χ0) is 24.0. The summed E-state index contributed by atoms with van der Waals surface area (Å²) in [4.78, 5) is 17.8. The van der Waals surface area contributed by atoms with Gasteiger partial charge in [0.05, 0.1) is 11.6 Å². The van der Waals surface area contributed by atoms with E-state index in [0.717, 1.165) is 68.9 Å². The van der Waals surface area contributed by atoms with E-state index in [1.54, 1.807) is 0 Å². The number of nitrogens with zero attached hydrogens (tertiary/aromatic N) is 4. The maximum atomic E-state index is 13.1. The van der Waals surface area contributed by atoms with Crippen molar-refractivity contribution in [1.82, 2.24) is 20.4 Å². The number of amides is 1. The van der Waals surface area contributed by atoms with Gasteiger partial charge in [-0.3, -0.25) is 9.69 Å². The summed E-state index contributed by atoms with van der Waals surface area (Å²) in [5, 5.41) is 12.3. The number of aromatic nitrogens is 2. The van der Waals surface area contributed by atoms with E-state index in [0.29, 0.717) is 6.54 Å². The van der Waals surface area contributed by atoms with Crippen LogP contribution in [0.5, 0.6) is 0 Å². The fraction of sp³-hybridized carbons (Fsp3) is 0.414. The van der Waals surface area contributed by atoms with Gasteiger partial charge in [0.1, 0.15) is 0 Å². The highest BCUT2D eigenvalue weighted by molar-refractivity contribution is 5.80. The normalized spacial score (nSPS) is 19.5. The Labute approximate surface area is 208 Å². The van der Waals surface area contributed by atoms with Crippen LogP contribution in [-0.4, -0.2) is 53.2 Å². The van der Waals surface area contributed by atoms with Crippen LogP contribution in [0.1, 0.15) is 36.8 Å². The Morgan fingerprint density at radius 3 is 2.51 bits per heavy atom. The maximum absolute atomic E-state index is 13.1. The van der Waals surface area contributed by atoms with Crippen molar-refractivity contribution >= 4 is 11.7 Å². The molecular formula is C29H35N5O. The molecule has 1 N–H and O–H groups in total. The molecule has 2 saturated heterocycles. The average molecular weight is 470 g/mol. The molecule has 2 aromatic carbocycles.